The molecule has 0 saturated heterocycles. The quantitative estimate of drug-likeness (QED) is 0.831. The predicted molar refractivity (Wildman–Crippen MR) is 86.5 cm³/mol. The molecule has 0 bridgehead atoms. The summed E-state index contributed by atoms with van der Waals surface area (Å²) in [4.78, 5) is 0.477. The van der Waals surface area contributed by atoms with E-state index in [0.29, 0.717) is 30.8 Å². The maximum absolute atomic E-state index is 12.4. The van der Waals surface area contributed by atoms with E-state index in [1.807, 2.05) is 36.5 Å². The lowest BCUT2D eigenvalue weighted by Gasteiger charge is -2.17. The van der Waals surface area contributed by atoms with Crippen LogP contribution in [-0.2, 0) is 23.0 Å². The van der Waals surface area contributed by atoms with E-state index in [1.54, 1.807) is 17.0 Å². The van der Waals surface area contributed by atoms with Crippen LogP contribution in [0.1, 0.15) is 24.0 Å². The second-order valence-corrected chi connectivity index (χ2v) is 7.15. The molecule has 0 spiro atoms. The Morgan fingerprint density at radius 3 is 2.86 bits per heavy atom. The largest absolute Gasteiger partial charge is 0.273 e. The summed E-state index contributed by atoms with van der Waals surface area (Å²) in [5.41, 5.74) is 2.21. The smallest absolute Gasteiger partial charge is 0.236 e. The Balaban J connectivity index is 1.60. The van der Waals surface area contributed by atoms with Crippen molar-refractivity contribution in [2.75, 3.05) is 6.54 Å². The highest BCUT2D eigenvalue weighted by Crippen LogP contribution is 2.26. The van der Waals surface area contributed by atoms with Gasteiger partial charge >= 0.3 is 0 Å². The second kappa shape index (κ2) is 6.46. The molecule has 1 aromatic heterocycles. The fourth-order valence-corrected chi connectivity index (χ4v) is 3.84. The fourth-order valence-electron chi connectivity index (χ4n) is 2.59. The highest BCUT2D eigenvalue weighted by molar-refractivity contribution is 7.93. The molecule has 0 amide bonds. The van der Waals surface area contributed by atoms with Gasteiger partial charge in [0.15, 0.2) is 0 Å². The number of benzene rings is 1. The first-order valence-corrected chi connectivity index (χ1v) is 8.89. The first-order chi connectivity index (χ1) is 10.6. The van der Waals surface area contributed by atoms with Crippen LogP contribution in [-0.4, -0.2) is 24.7 Å². The van der Waals surface area contributed by atoms with Crippen LogP contribution < -0.4 is 4.72 Å². The maximum Gasteiger partial charge on any atom is 0.236 e. The molecule has 0 unspecified atom stereocenters. The molecule has 1 aliphatic carbocycles. The van der Waals surface area contributed by atoms with Crippen LogP contribution in [0.25, 0.3) is 6.08 Å². The van der Waals surface area contributed by atoms with Crippen molar-refractivity contribution in [3.8, 4) is 0 Å². The Labute approximate surface area is 130 Å². The van der Waals surface area contributed by atoms with E-state index in [2.05, 4.69) is 9.82 Å². The Bertz CT molecular complexity index is 764. The second-order valence-electron chi connectivity index (χ2n) is 5.33. The number of nitrogens with zero attached hydrogens (tertiary/aromatic N) is 2. The van der Waals surface area contributed by atoms with Gasteiger partial charge in [-0.2, -0.15) is 5.10 Å². The molecule has 5 nitrogen and oxygen atoms in total. The molecule has 1 N–H and O–H groups in total. The Hall–Kier alpha value is -1.92. The molecule has 0 saturated carbocycles. The number of sulfonamides is 1. The number of aromatic nitrogens is 2. The standard InChI is InChI=1S/C16H19N3O2S/c20-22(21,18-10-4-12-19-11-3-9-17-19)16-8-7-14-5-1-2-6-15(14)13-16/h1-3,5-6,9,11,13,18H,4,7-8,10,12H2. The summed E-state index contributed by atoms with van der Waals surface area (Å²) in [5.74, 6) is 0. The predicted octanol–water partition coefficient (Wildman–Crippen LogP) is 2.18. The van der Waals surface area contributed by atoms with Gasteiger partial charge in [-0.3, -0.25) is 4.68 Å². The molecular weight excluding hydrogens is 298 g/mol. The molecular formula is C16H19N3O2S. The number of aryl methyl sites for hydroxylation is 2. The highest BCUT2D eigenvalue weighted by Gasteiger charge is 2.20. The van der Waals surface area contributed by atoms with Gasteiger partial charge in [-0.05, 0) is 42.5 Å². The van der Waals surface area contributed by atoms with Gasteiger partial charge in [-0.25, -0.2) is 13.1 Å². The summed E-state index contributed by atoms with van der Waals surface area (Å²) in [6.07, 6.45) is 7.42. The van der Waals surface area contributed by atoms with Crippen LogP contribution in [0.2, 0.25) is 0 Å². The van der Waals surface area contributed by atoms with Gasteiger partial charge in [0.05, 0.1) is 4.91 Å². The third-order valence-corrected chi connectivity index (χ3v) is 5.37. The first kappa shape index (κ1) is 15.0. The van der Waals surface area contributed by atoms with E-state index >= 15 is 0 Å². The third kappa shape index (κ3) is 3.45. The van der Waals surface area contributed by atoms with Gasteiger partial charge in [0.25, 0.3) is 0 Å². The van der Waals surface area contributed by atoms with E-state index in [1.165, 1.54) is 5.56 Å². The number of hydrogen-bond donors (Lipinski definition) is 1. The Morgan fingerprint density at radius 1 is 1.18 bits per heavy atom. The van der Waals surface area contributed by atoms with Crippen LogP contribution in [0.5, 0.6) is 0 Å². The first-order valence-electron chi connectivity index (χ1n) is 7.41. The number of fused-ring (bicyclic) bond motifs is 1. The van der Waals surface area contributed by atoms with Crippen LogP contribution >= 0.6 is 0 Å². The lowest BCUT2D eigenvalue weighted by Crippen LogP contribution is -2.27. The van der Waals surface area contributed by atoms with Gasteiger partial charge in [0.1, 0.15) is 0 Å². The van der Waals surface area contributed by atoms with Crippen LogP contribution in [0, 0.1) is 0 Å². The number of rotatable bonds is 6. The van der Waals surface area contributed by atoms with Crippen molar-refractivity contribution < 1.29 is 8.42 Å². The minimum absolute atomic E-state index is 0.418. The molecule has 1 aromatic carbocycles. The summed E-state index contributed by atoms with van der Waals surface area (Å²) in [5, 5.41) is 4.09. The molecule has 0 aliphatic heterocycles. The zero-order valence-electron chi connectivity index (χ0n) is 12.3. The van der Waals surface area contributed by atoms with Crippen LogP contribution in [0.3, 0.4) is 0 Å². The summed E-state index contributed by atoms with van der Waals surface area (Å²) >= 11 is 0. The van der Waals surface area contributed by atoms with Crippen molar-refractivity contribution >= 4 is 16.1 Å². The van der Waals surface area contributed by atoms with Gasteiger partial charge in [0.2, 0.25) is 10.0 Å². The zero-order chi connectivity index (χ0) is 15.4. The molecule has 0 atom stereocenters. The van der Waals surface area contributed by atoms with Crippen LogP contribution in [0.15, 0.2) is 47.6 Å². The summed E-state index contributed by atoms with van der Waals surface area (Å²) in [7, 11) is -3.39. The molecule has 3 rings (SSSR count). The molecule has 22 heavy (non-hydrogen) atoms. The minimum atomic E-state index is -3.39. The minimum Gasteiger partial charge on any atom is -0.273 e. The van der Waals surface area contributed by atoms with E-state index < -0.39 is 10.0 Å². The lowest BCUT2D eigenvalue weighted by molar-refractivity contribution is 0.555. The Morgan fingerprint density at radius 2 is 2.05 bits per heavy atom. The molecule has 0 fully saturated rings. The van der Waals surface area contributed by atoms with E-state index in [4.69, 9.17) is 0 Å². The number of hydrogen-bond acceptors (Lipinski definition) is 3. The van der Waals surface area contributed by atoms with Gasteiger partial charge in [-0.15, -0.1) is 0 Å². The molecule has 2 aromatic rings. The van der Waals surface area contributed by atoms with Crippen molar-refractivity contribution in [2.24, 2.45) is 0 Å². The monoisotopic (exact) mass is 317 g/mol. The normalized spacial score (nSPS) is 14.5. The summed E-state index contributed by atoms with van der Waals surface area (Å²) < 4.78 is 29.2. The topological polar surface area (TPSA) is 64.0 Å². The maximum atomic E-state index is 12.4. The van der Waals surface area contributed by atoms with E-state index in [9.17, 15) is 8.42 Å². The van der Waals surface area contributed by atoms with Crippen molar-refractivity contribution in [1.29, 1.82) is 0 Å². The average Bonchev–Trinajstić information content (AvgIpc) is 3.04. The fraction of sp³-hybridized carbons (Fsp3) is 0.312. The summed E-state index contributed by atoms with van der Waals surface area (Å²) in [6, 6.07) is 9.78. The average molecular weight is 317 g/mol. The van der Waals surface area contributed by atoms with Gasteiger partial charge in [-0.1, -0.05) is 24.3 Å². The molecule has 116 valence electrons. The van der Waals surface area contributed by atoms with Gasteiger partial charge in [0, 0.05) is 25.5 Å². The molecule has 0 radical (unpaired) electrons. The Kier molecular flexibility index (Phi) is 4.40. The van der Waals surface area contributed by atoms with Crippen molar-refractivity contribution in [3.63, 3.8) is 0 Å². The molecule has 6 heteroatoms. The summed E-state index contributed by atoms with van der Waals surface area (Å²) in [6.45, 7) is 1.12. The van der Waals surface area contributed by atoms with E-state index in [-0.39, 0.29) is 0 Å². The van der Waals surface area contributed by atoms with Crippen molar-refractivity contribution in [2.45, 2.75) is 25.8 Å². The van der Waals surface area contributed by atoms with Crippen molar-refractivity contribution in [1.82, 2.24) is 14.5 Å². The SMILES string of the molecule is O=S(=O)(NCCCn1cccn1)C1=Cc2ccccc2CC1. The van der Waals surface area contributed by atoms with E-state index in [0.717, 1.165) is 12.0 Å². The molecule has 1 heterocycles. The van der Waals surface area contributed by atoms with Gasteiger partial charge < -0.3 is 0 Å². The third-order valence-electron chi connectivity index (χ3n) is 3.77. The molecule has 1 aliphatic rings. The zero-order valence-corrected chi connectivity index (χ0v) is 13.1. The lowest BCUT2D eigenvalue weighted by atomic mass is 9.98. The highest BCUT2D eigenvalue weighted by atomic mass is 32.2. The number of nitrogens with one attached hydrogen (secondary N) is 1. The number of allylic oxidation sites excluding steroid dienone is 1. The van der Waals surface area contributed by atoms with Crippen molar-refractivity contribution in [3.05, 3.63) is 58.8 Å². The van der Waals surface area contributed by atoms with Crippen LogP contribution in [0.4, 0.5) is 0 Å².